The van der Waals surface area contributed by atoms with Crippen molar-refractivity contribution in [2.45, 2.75) is 19.8 Å². The van der Waals surface area contributed by atoms with Gasteiger partial charge in [-0.25, -0.2) is 0 Å². The second kappa shape index (κ2) is 6.54. The van der Waals surface area contributed by atoms with Crippen LogP contribution in [0.25, 0.3) is 10.8 Å². The second-order valence-corrected chi connectivity index (χ2v) is 5.61. The normalized spacial score (nSPS) is 10.7. The average Bonchev–Trinajstić information content (AvgIpc) is 2.57. The molecule has 2 aromatic carbocycles. The summed E-state index contributed by atoms with van der Waals surface area (Å²) in [5, 5.41) is 7.71. The molecule has 0 fully saturated rings. The van der Waals surface area contributed by atoms with Gasteiger partial charge in [-0.1, -0.05) is 30.3 Å². The summed E-state index contributed by atoms with van der Waals surface area (Å²) in [4.78, 5) is 36.0. The van der Waals surface area contributed by atoms with Crippen LogP contribution in [0.5, 0.6) is 0 Å². The average molecular weight is 323 g/mol. The van der Waals surface area contributed by atoms with Crippen LogP contribution in [0.4, 0.5) is 5.69 Å². The molecule has 0 spiro atoms. The minimum Gasteiger partial charge on any atom is -0.325 e. The Morgan fingerprint density at radius 1 is 1.00 bits per heavy atom. The van der Waals surface area contributed by atoms with Crippen molar-refractivity contribution in [3.05, 3.63) is 74.3 Å². The Balaban J connectivity index is 1.82. The molecule has 0 unspecified atom stereocenters. The van der Waals surface area contributed by atoms with Crippen LogP contribution in [-0.4, -0.2) is 16.1 Å². The molecular formula is C18H17N3O3. The molecule has 0 aliphatic heterocycles. The molecule has 0 saturated heterocycles. The molecule has 6 heteroatoms. The first-order valence-electron chi connectivity index (χ1n) is 7.64. The Morgan fingerprint density at radius 3 is 2.54 bits per heavy atom. The Kier molecular flexibility index (Phi) is 4.29. The van der Waals surface area contributed by atoms with Gasteiger partial charge in [0.2, 0.25) is 5.91 Å². The fourth-order valence-corrected chi connectivity index (χ4v) is 2.69. The zero-order chi connectivity index (χ0) is 17.1. The molecule has 1 aromatic heterocycles. The van der Waals surface area contributed by atoms with Gasteiger partial charge in [-0.05, 0) is 36.6 Å². The van der Waals surface area contributed by atoms with E-state index in [0.29, 0.717) is 18.5 Å². The Bertz CT molecular complexity index is 1020. The second-order valence-electron chi connectivity index (χ2n) is 5.61. The summed E-state index contributed by atoms with van der Waals surface area (Å²) in [7, 11) is 0. The summed E-state index contributed by atoms with van der Waals surface area (Å²) in [6.07, 6.45) is 0.905. The molecule has 0 atom stereocenters. The van der Waals surface area contributed by atoms with Crippen molar-refractivity contribution in [3.8, 4) is 0 Å². The third-order valence-corrected chi connectivity index (χ3v) is 3.98. The van der Waals surface area contributed by atoms with E-state index in [2.05, 4.69) is 15.5 Å². The number of fused-ring (bicyclic) bond motifs is 1. The number of rotatable bonds is 4. The van der Waals surface area contributed by atoms with Crippen LogP contribution >= 0.6 is 0 Å². The summed E-state index contributed by atoms with van der Waals surface area (Å²) in [5.74, 6) is -0.203. The van der Waals surface area contributed by atoms with E-state index in [1.165, 1.54) is 0 Å². The Labute approximate surface area is 137 Å². The molecule has 24 heavy (non-hydrogen) atoms. The fourth-order valence-electron chi connectivity index (χ4n) is 2.69. The lowest BCUT2D eigenvalue weighted by Crippen LogP contribution is -2.21. The molecule has 3 rings (SSSR count). The number of aryl methyl sites for hydroxylation is 2. The molecule has 0 bridgehead atoms. The van der Waals surface area contributed by atoms with Crippen molar-refractivity contribution in [2.75, 3.05) is 5.32 Å². The van der Waals surface area contributed by atoms with Crippen molar-refractivity contribution >= 4 is 22.4 Å². The van der Waals surface area contributed by atoms with Gasteiger partial charge in [-0.15, -0.1) is 0 Å². The summed E-state index contributed by atoms with van der Waals surface area (Å²) >= 11 is 0. The van der Waals surface area contributed by atoms with Gasteiger partial charge in [0.05, 0.1) is 16.5 Å². The van der Waals surface area contributed by atoms with E-state index in [0.717, 1.165) is 11.1 Å². The first-order chi connectivity index (χ1) is 11.6. The standard InChI is InChI=1S/C18H17N3O3/c1-11-5-2-3-6-12(11)9-10-15(22)19-14-8-4-7-13-16(14)18(24)21-20-17(13)23/h2-8H,9-10H2,1H3,(H,19,22)(H,20,23)(H,21,24). The van der Waals surface area contributed by atoms with Gasteiger partial charge in [-0.3, -0.25) is 24.6 Å². The zero-order valence-electron chi connectivity index (χ0n) is 13.2. The summed E-state index contributed by atoms with van der Waals surface area (Å²) in [6.45, 7) is 2.00. The number of anilines is 1. The van der Waals surface area contributed by atoms with Crippen LogP contribution in [0, 0.1) is 6.92 Å². The van der Waals surface area contributed by atoms with Gasteiger partial charge in [0, 0.05) is 6.42 Å². The smallest absolute Gasteiger partial charge is 0.272 e. The van der Waals surface area contributed by atoms with E-state index in [1.54, 1.807) is 18.2 Å². The summed E-state index contributed by atoms with van der Waals surface area (Å²) < 4.78 is 0. The van der Waals surface area contributed by atoms with Gasteiger partial charge in [-0.2, -0.15) is 0 Å². The molecule has 0 aliphatic rings. The molecular weight excluding hydrogens is 306 g/mol. The van der Waals surface area contributed by atoms with E-state index >= 15 is 0 Å². The number of benzene rings is 2. The molecule has 3 aromatic rings. The van der Waals surface area contributed by atoms with E-state index in [4.69, 9.17) is 0 Å². The number of aromatic amines is 2. The molecule has 122 valence electrons. The highest BCUT2D eigenvalue weighted by molar-refractivity contribution is 6.01. The molecule has 3 N–H and O–H groups in total. The number of carbonyl (C=O) groups excluding carboxylic acids is 1. The number of carbonyl (C=O) groups is 1. The first-order valence-corrected chi connectivity index (χ1v) is 7.64. The zero-order valence-corrected chi connectivity index (χ0v) is 13.2. The highest BCUT2D eigenvalue weighted by atomic mass is 16.2. The maximum absolute atomic E-state index is 12.2. The van der Waals surface area contributed by atoms with Gasteiger partial charge >= 0.3 is 0 Å². The van der Waals surface area contributed by atoms with Crippen molar-refractivity contribution in [3.63, 3.8) is 0 Å². The van der Waals surface area contributed by atoms with Crippen LogP contribution in [-0.2, 0) is 11.2 Å². The van der Waals surface area contributed by atoms with Crippen molar-refractivity contribution < 1.29 is 4.79 Å². The van der Waals surface area contributed by atoms with Crippen LogP contribution in [0.3, 0.4) is 0 Å². The van der Waals surface area contributed by atoms with E-state index in [-0.39, 0.29) is 16.7 Å². The highest BCUT2D eigenvalue weighted by Gasteiger charge is 2.11. The molecule has 6 nitrogen and oxygen atoms in total. The molecule has 1 amide bonds. The first kappa shape index (κ1) is 15.7. The quantitative estimate of drug-likeness (QED) is 0.686. The summed E-state index contributed by atoms with van der Waals surface area (Å²) in [6, 6.07) is 12.7. The van der Waals surface area contributed by atoms with E-state index in [1.807, 2.05) is 31.2 Å². The highest BCUT2D eigenvalue weighted by Crippen LogP contribution is 2.17. The molecule has 1 heterocycles. The predicted octanol–water partition coefficient (Wildman–Crippen LogP) is 2.10. The Hall–Kier alpha value is -3.15. The number of hydrogen-bond donors (Lipinski definition) is 3. The number of aromatic nitrogens is 2. The predicted molar refractivity (Wildman–Crippen MR) is 93.3 cm³/mol. The minimum atomic E-state index is -0.445. The number of nitrogens with one attached hydrogen (secondary N) is 3. The van der Waals surface area contributed by atoms with Crippen LogP contribution in [0.1, 0.15) is 17.5 Å². The number of hydrogen-bond acceptors (Lipinski definition) is 3. The molecule has 0 aliphatic carbocycles. The van der Waals surface area contributed by atoms with Gasteiger partial charge < -0.3 is 5.32 Å². The van der Waals surface area contributed by atoms with Crippen LogP contribution in [0.2, 0.25) is 0 Å². The molecule has 0 radical (unpaired) electrons. The minimum absolute atomic E-state index is 0.186. The largest absolute Gasteiger partial charge is 0.325 e. The SMILES string of the molecule is Cc1ccccc1CCC(=O)Nc1cccc2c(=O)[nH][nH]c(=O)c12. The lowest BCUT2D eigenvalue weighted by atomic mass is 10.0. The van der Waals surface area contributed by atoms with Gasteiger partial charge in [0.1, 0.15) is 0 Å². The topological polar surface area (TPSA) is 94.8 Å². The van der Waals surface area contributed by atoms with Gasteiger partial charge in [0.15, 0.2) is 0 Å². The fraction of sp³-hybridized carbons (Fsp3) is 0.167. The number of H-pyrrole nitrogens is 2. The maximum Gasteiger partial charge on any atom is 0.272 e. The lowest BCUT2D eigenvalue weighted by Gasteiger charge is -2.09. The molecule has 0 saturated carbocycles. The van der Waals surface area contributed by atoms with Crippen molar-refractivity contribution in [1.82, 2.24) is 10.2 Å². The van der Waals surface area contributed by atoms with E-state index < -0.39 is 11.1 Å². The van der Waals surface area contributed by atoms with Crippen LogP contribution < -0.4 is 16.4 Å². The van der Waals surface area contributed by atoms with Gasteiger partial charge in [0.25, 0.3) is 11.1 Å². The van der Waals surface area contributed by atoms with Crippen molar-refractivity contribution in [1.29, 1.82) is 0 Å². The lowest BCUT2D eigenvalue weighted by molar-refractivity contribution is -0.116. The van der Waals surface area contributed by atoms with Crippen LogP contribution in [0.15, 0.2) is 52.1 Å². The Morgan fingerprint density at radius 2 is 1.75 bits per heavy atom. The monoisotopic (exact) mass is 323 g/mol. The van der Waals surface area contributed by atoms with Crippen molar-refractivity contribution in [2.24, 2.45) is 0 Å². The third-order valence-electron chi connectivity index (χ3n) is 3.98. The third kappa shape index (κ3) is 3.12. The maximum atomic E-state index is 12.2. The summed E-state index contributed by atoms with van der Waals surface area (Å²) in [5.41, 5.74) is 1.74. The van der Waals surface area contributed by atoms with E-state index in [9.17, 15) is 14.4 Å². The number of amides is 1.